The van der Waals surface area contributed by atoms with Gasteiger partial charge in [0.1, 0.15) is 5.69 Å². The molecule has 0 aliphatic heterocycles. The van der Waals surface area contributed by atoms with Crippen molar-refractivity contribution < 1.29 is 4.79 Å². The Morgan fingerprint density at radius 3 is 2.33 bits per heavy atom. The first-order chi connectivity index (χ1) is 11.6. The van der Waals surface area contributed by atoms with Crippen molar-refractivity contribution in [3.8, 4) is 0 Å². The van der Waals surface area contributed by atoms with E-state index in [2.05, 4.69) is 9.97 Å². The molecule has 0 aliphatic rings. The van der Waals surface area contributed by atoms with Gasteiger partial charge in [-0.25, -0.2) is 9.97 Å². The third-order valence-corrected chi connectivity index (χ3v) is 3.78. The average Bonchev–Trinajstić information content (AvgIpc) is 2.61. The van der Waals surface area contributed by atoms with Gasteiger partial charge in [0.2, 0.25) is 0 Å². The summed E-state index contributed by atoms with van der Waals surface area (Å²) in [5.41, 5.74) is 3.71. The Morgan fingerprint density at radius 2 is 1.62 bits per heavy atom. The molecule has 1 aromatic heterocycles. The van der Waals surface area contributed by atoms with Crippen molar-refractivity contribution in [3.05, 3.63) is 77.6 Å². The van der Waals surface area contributed by atoms with Gasteiger partial charge in [0.05, 0.1) is 16.7 Å². The SMILES string of the molecule is Cc1nc2ccccc2nc1C(=O)N(C)CC=Cc1ccccc1. The van der Waals surface area contributed by atoms with E-state index in [9.17, 15) is 4.79 Å². The lowest BCUT2D eigenvalue weighted by Gasteiger charge is -2.15. The van der Waals surface area contributed by atoms with Gasteiger partial charge < -0.3 is 4.90 Å². The highest BCUT2D eigenvalue weighted by Crippen LogP contribution is 2.13. The van der Waals surface area contributed by atoms with Crippen molar-refractivity contribution in [2.75, 3.05) is 13.6 Å². The fourth-order valence-corrected chi connectivity index (χ4v) is 2.47. The van der Waals surface area contributed by atoms with Gasteiger partial charge in [-0.1, -0.05) is 54.6 Å². The van der Waals surface area contributed by atoms with E-state index in [-0.39, 0.29) is 5.91 Å². The third-order valence-electron chi connectivity index (χ3n) is 3.78. The van der Waals surface area contributed by atoms with E-state index in [0.717, 1.165) is 16.6 Å². The molecule has 0 saturated heterocycles. The smallest absolute Gasteiger partial charge is 0.274 e. The van der Waals surface area contributed by atoms with Gasteiger partial charge in [0.25, 0.3) is 5.91 Å². The van der Waals surface area contributed by atoms with E-state index >= 15 is 0 Å². The number of fused-ring (bicyclic) bond motifs is 1. The van der Waals surface area contributed by atoms with Crippen LogP contribution in [0.1, 0.15) is 21.7 Å². The van der Waals surface area contributed by atoms with Gasteiger partial charge in [-0.05, 0) is 24.6 Å². The molecular formula is C20H19N3O. The Bertz CT molecular complexity index is 888. The molecule has 0 atom stereocenters. The number of aromatic nitrogens is 2. The van der Waals surface area contributed by atoms with E-state index in [1.807, 2.05) is 73.7 Å². The zero-order chi connectivity index (χ0) is 16.9. The minimum atomic E-state index is -0.122. The van der Waals surface area contributed by atoms with Gasteiger partial charge in [-0.3, -0.25) is 4.79 Å². The highest BCUT2D eigenvalue weighted by molar-refractivity contribution is 5.95. The van der Waals surface area contributed by atoms with E-state index in [4.69, 9.17) is 0 Å². The van der Waals surface area contributed by atoms with Gasteiger partial charge in [-0.15, -0.1) is 0 Å². The molecule has 4 heteroatoms. The zero-order valence-corrected chi connectivity index (χ0v) is 13.8. The van der Waals surface area contributed by atoms with Crippen LogP contribution in [0.25, 0.3) is 17.1 Å². The summed E-state index contributed by atoms with van der Waals surface area (Å²) >= 11 is 0. The topological polar surface area (TPSA) is 46.1 Å². The summed E-state index contributed by atoms with van der Waals surface area (Å²) in [6.07, 6.45) is 3.97. The largest absolute Gasteiger partial charge is 0.337 e. The van der Waals surface area contributed by atoms with Crippen molar-refractivity contribution in [1.29, 1.82) is 0 Å². The molecule has 3 aromatic rings. The molecule has 2 aromatic carbocycles. The summed E-state index contributed by atoms with van der Waals surface area (Å²) in [7, 11) is 1.77. The lowest BCUT2D eigenvalue weighted by atomic mass is 10.2. The Balaban J connectivity index is 1.76. The van der Waals surface area contributed by atoms with Crippen LogP contribution in [0.15, 0.2) is 60.7 Å². The minimum Gasteiger partial charge on any atom is -0.337 e. The van der Waals surface area contributed by atoms with Gasteiger partial charge in [-0.2, -0.15) is 0 Å². The van der Waals surface area contributed by atoms with Crippen LogP contribution in [0, 0.1) is 6.92 Å². The Kier molecular flexibility index (Phi) is 4.66. The van der Waals surface area contributed by atoms with Crippen LogP contribution in [0.3, 0.4) is 0 Å². The number of hydrogen-bond acceptors (Lipinski definition) is 3. The van der Waals surface area contributed by atoms with Crippen molar-refractivity contribution in [2.45, 2.75) is 6.92 Å². The van der Waals surface area contributed by atoms with Gasteiger partial charge in [0, 0.05) is 13.6 Å². The number of para-hydroxylation sites is 2. The molecule has 3 rings (SSSR count). The predicted molar refractivity (Wildman–Crippen MR) is 96.7 cm³/mol. The summed E-state index contributed by atoms with van der Waals surface area (Å²) in [6.45, 7) is 2.34. The van der Waals surface area contributed by atoms with Crippen LogP contribution in [0.2, 0.25) is 0 Å². The number of carbonyl (C=O) groups excluding carboxylic acids is 1. The first-order valence-corrected chi connectivity index (χ1v) is 7.85. The van der Waals surface area contributed by atoms with Crippen molar-refractivity contribution in [3.63, 3.8) is 0 Å². The fourth-order valence-electron chi connectivity index (χ4n) is 2.47. The number of aryl methyl sites for hydroxylation is 1. The molecule has 0 bridgehead atoms. The molecule has 0 fully saturated rings. The molecule has 1 heterocycles. The van der Waals surface area contributed by atoms with Gasteiger partial charge >= 0.3 is 0 Å². The average molecular weight is 317 g/mol. The van der Waals surface area contributed by atoms with Crippen LogP contribution in [0.4, 0.5) is 0 Å². The molecule has 4 nitrogen and oxygen atoms in total. The number of benzene rings is 2. The summed E-state index contributed by atoms with van der Waals surface area (Å²) in [4.78, 5) is 23.2. The molecule has 1 amide bonds. The Morgan fingerprint density at radius 1 is 1.00 bits per heavy atom. The Hall–Kier alpha value is -3.01. The predicted octanol–water partition coefficient (Wildman–Crippen LogP) is 3.72. The molecular weight excluding hydrogens is 298 g/mol. The number of likely N-dealkylation sites (N-methyl/N-ethyl adjacent to an activating group) is 1. The van der Waals surface area contributed by atoms with Crippen molar-refractivity contribution in [2.24, 2.45) is 0 Å². The molecule has 0 unspecified atom stereocenters. The first kappa shape index (κ1) is 15.9. The molecule has 24 heavy (non-hydrogen) atoms. The number of carbonyl (C=O) groups is 1. The third kappa shape index (κ3) is 3.49. The van der Waals surface area contributed by atoms with Crippen LogP contribution in [-0.2, 0) is 0 Å². The minimum absolute atomic E-state index is 0.122. The summed E-state index contributed by atoms with van der Waals surface area (Å²) in [5.74, 6) is -0.122. The van der Waals surface area contributed by atoms with Crippen molar-refractivity contribution >= 4 is 23.0 Å². The maximum absolute atomic E-state index is 12.6. The lowest BCUT2D eigenvalue weighted by molar-refractivity contribution is 0.0804. The highest BCUT2D eigenvalue weighted by Gasteiger charge is 2.16. The van der Waals surface area contributed by atoms with E-state index < -0.39 is 0 Å². The summed E-state index contributed by atoms with van der Waals surface area (Å²) in [5, 5.41) is 0. The number of rotatable bonds is 4. The maximum atomic E-state index is 12.6. The monoisotopic (exact) mass is 317 g/mol. The Labute approximate surface area is 141 Å². The number of hydrogen-bond donors (Lipinski definition) is 0. The van der Waals surface area contributed by atoms with Gasteiger partial charge in [0.15, 0.2) is 0 Å². The standard InChI is InChI=1S/C20H19N3O/c1-15-19(22-18-13-7-6-12-17(18)21-15)20(24)23(2)14-8-11-16-9-4-3-5-10-16/h3-13H,14H2,1-2H3. The number of amides is 1. The molecule has 0 aliphatic carbocycles. The second-order valence-electron chi connectivity index (χ2n) is 5.65. The van der Waals surface area contributed by atoms with Crippen LogP contribution >= 0.6 is 0 Å². The maximum Gasteiger partial charge on any atom is 0.274 e. The fraction of sp³-hybridized carbons (Fsp3) is 0.150. The van der Waals surface area contributed by atoms with E-state index in [1.165, 1.54) is 0 Å². The second-order valence-corrected chi connectivity index (χ2v) is 5.65. The zero-order valence-electron chi connectivity index (χ0n) is 13.8. The van der Waals surface area contributed by atoms with Crippen LogP contribution in [-0.4, -0.2) is 34.4 Å². The summed E-state index contributed by atoms with van der Waals surface area (Å²) in [6, 6.07) is 17.6. The lowest BCUT2D eigenvalue weighted by Crippen LogP contribution is -2.28. The molecule has 0 radical (unpaired) electrons. The normalized spacial score (nSPS) is 11.1. The second kappa shape index (κ2) is 7.04. The van der Waals surface area contributed by atoms with Crippen LogP contribution < -0.4 is 0 Å². The van der Waals surface area contributed by atoms with Crippen LogP contribution in [0.5, 0.6) is 0 Å². The number of nitrogens with zero attached hydrogens (tertiary/aromatic N) is 3. The first-order valence-electron chi connectivity index (χ1n) is 7.85. The van der Waals surface area contributed by atoms with E-state index in [1.54, 1.807) is 11.9 Å². The molecule has 0 N–H and O–H groups in total. The quantitative estimate of drug-likeness (QED) is 0.736. The molecule has 0 saturated carbocycles. The van der Waals surface area contributed by atoms with E-state index in [0.29, 0.717) is 17.9 Å². The highest BCUT2D eigenvalue weighted by atomic mass is 16.2. The molecule has 0 spiro atoms. The summed E-state index contributed by atoms with van der Waals surface area (Å²) < 4.78 is 0. The van der Waals surface area contributed by atoms with Crippen molar-refractivity contribution in [1.82, 2.24) is 14.9 Å². The molecule has 120 valence electrons.